The van der Waals surface area contributed by atoms with Crippen LogP contribution in [0.2, 0.25) is 0 Å². The number of nitrogens with two attached hydrogens (primary N) is 1. The van der Waals surface area contributed by atoms with Crippen molar-refractivity contribution in [1.29, 1.82) is 0 Å². The average Bonchev–Trinajstić information content (AvgIpc) is 2.72. The molecule has 0 unspecified atom stereocenters. The normalized spacial score (nSPS) is 15.4. The number of fused-ring (bicyclic) bond motifs is 1. The molecule has 2 aromatic carbocycles. The highest BCUT2D eigenvalue weighted by molar-refractivity contribution is 7.90. The lowest BCUT2D eigenvalue weighted by molar-refractivity contribution is 0.502. The molecule has 21 heavy (non-hydrogen) atoms. The van der Waals surface area contributed by atoms with Crippen LogP contribution in [0.1, 0.15) is 11.1 Å². The molecule has 0 amide bonds. The van der Waals surface area contributed by atoms with Gasteiger partial charge in [0.05, 0.1) is 0 Å². The summed E-state index contributed by atoms with van der Waals surface area (Å²) in [6.07, 6.45) is 0. The predicted octanol–water partition coefficient (Wildman–Crippen LogP) is 1.85. The number of nitrogens with zero attached hydrogens (tertiary/aromatic N) is 2. The highest BCUT2D eigenvalue weighted by atomic mass is 32.2. The molecule has 0 bridgehead atoms. The number of sulfonamides is 1. The standard InChI is InChI=1S/C15H15N3O2S/c1-18(10-11-5-4-6-12(16)9-11)15-13-7-2-3-8-14(13)21(19,20)17-15/h2-9H,10,16H2,1H3. The molecule has 0 radical (unpaired) electrons. The molecule has 2 aromatic rings. The molecule has 1 aliphatic heterocycles. The second kappa shape index (κ2) is 4.89. The van der Waals surface area contributed by atoms with E-state index < -0.39 is 10.0 Å². The van der Waals surface area contributed by atoms with E-state index in [1.165, 1.54) is 0 Å². The molecule has 1 aliphatic rings. The van der Waals surface area contributed by atoms with Crippen molar-refractivity contribution in [2.75, 3.05) is 12.8 Å². The van der Waals surface area contributed by atoms with Gasteiger partial charge in [-0.05, 0) is 29.8 Å². The summed E-state index contributed by atoms with van der Waals surface area (Å²) in [5, 5.41) is 0. The van der Waals surface area contributed by atoms with E-state index in [0.29, 0.717) is 23.6 Å². The predicted molar refractivity (Wildman–Crippen MR) is 82.5 cm³/mol. The Bertz CT molecular complexity index is 828. The minimum Gasteiger partial charge on any atom is -0.399 e. The molecule has 0 aromatic heterocycles. The van der Waals surface area contributed by atoms with Crippen LogP contribution < -0.4 is 5.73 Å². The SMILES string of the molecule is CN(Cc1cccc(N)c1)C1=NS(=O)(=O)c2ccccc21. The maximum absolute atomic E-state index is 12.0. The first-order valence-electron chi connectivity index (χ1n) is 6.47. The summed E-state index contributed by atoms with van der Waals surface area (Å²) >= 11 is 0. The molecular weight excluding hydrogens is 286 g/mol. The topological polar surface area (TPSA) is 75.8 Å². The van der Waals surface area contributed by atoms with Gasteiger partial charge in [-0.3, -0.25) is 0 Å². The van der Waals surface area contributed by atoms with Crippen molar-refractivity contribution < 1.29 is 8.42 Å². The Morgan fingerprint density at radius 3 is 2.67 bits per heavy atom. The molecule has 3 rings (SSSR count). The van der Waals surface area contributed by atoms with Crippen LogP contribution in [-0.2, 0) is 16.6 Å². The van der Waals surface area contributed by atoms with Gasteiger partial charge in [0.1, 0.15) is 4.90 Å². The third-order valence-corrected chi connectivity index (χ3v) is 4.67. The zero-order valence-electron chi connectivity index (χ0n) is 11.5. The summed E-state index contributed by atoms with van der Waals surface area (Å²) in [4.78, 5) is 2.08. The van der Waals surface area contributed by atoms with Crippen molar-refractivity contribution in [3.05, 3.63) is 59.7 Å². The summed E-state index contributed by atoms with van der Waals surface area (Å²) < 4.78 is 28.0. The number of hydrogen-bond acceptors (Lipinski definition) is 4. The van der Waals surface area contributed by atoms with Crippen LogP contribution >= 0.6 is 0 Å². The van der Waals surface area contributed by atoms with Crippen LogP contribution in [0, 0.1) is 0 Å². The second-order valence-corrected chi connectivity index (χ2v) is 6.56. The van der Waals surface area contributed by atoms with E-state index in [2.05, 4.69) is 4.40 Å². The Labute approximate surface area is 123 Å². The quantitative estimate of drug-likeness (QED) is 0.859. The molecule has 0 spiro atoms. The van der Waals surface area contributed by atoms with Crippen LogP contribution in [0.25, 0.3) is 0 Å². The number of rotatable bonds is 2. The minimum absolute atomic E-state index is 0.263. The maximum Gasteiger partial charge on any atom is 0.285 e. The van der Waals surface area contributed by atoms with E-state index in [1.54, 1.807) is 18.2 Å². The Kier molecular flexibility index (Phi) is 3.17. The third-order valence-electron chi connectivity index (χ3n) is 3.34. The summed E-state index contributed by atoms with van der Waals surface area (Å²) in [5.74, 6) is 0.466. The summed E-state index contributed by atoms with van der Waals surface area (Å²) in [6, 6.07) is 14.4. The van der Waals surface area contributed by atoms with Gasteiger partial charge in [-0.25, -0.2) is 0 Å². The number of hydrogen-bond donors (Lipinski definition) is 1. The number of nitrogen functional groups attached to an aromatic ring is 1. The fourth-order valence-corrected chi connectivity index (χ4v) is 3.66. The van der Waals surface area contributed by atoms with Crippen molar-refractivity contribution in [2.45, 2.75) is 11.4 Å². The van der Waals surface area contributed by atoms with Crippen LogP contribution in [0.5, 0.6) is 0 Å². The van der Waals surface area contributed by atoms with Crippen LogP contribution in [0.3, 0.4) is 0 Å². The highest BCUT2D eigenvalue weighted by Crippen LogP contribution is 2.27. The molecule has 108 valence electrons. The van der Waals surface area contributed by atoms with Gasteiger partial charge in [0, 0.05) is 24.8 Å². The minimum atomic E-state index is -3.58. The van der Waals surface area contributed by atoms with Gasteiger partial charge in [-0.2, -0.15) is 8.42 Å². The maximum atomic E-state index is 12.0. The average molecular weight is 301 g/mol. The lowest BCUT2D eigenvalue weighted by atomic mass is 10.1. The molecule has 0 saturated heterocycles. The third kappa shape index (κ3) is 2.50. The largest absolute Gasteiger partial charge is 0.399 e. The summed E-state index contributed by atoms with van der Waals surface area (Å²) in [6.45, 7) is 0.535. The Hall–Kier alpha value is -2.34. The molecule has 6 heteroatoms. The van der Waals surface area contributed by atoms with Crippen molar-refractivity contribution in [1.82, 2.24) is 4.90 Å². The van der Waals surface area contributed by atoms with Gasteiger partial charge < -0.3 is 10.6 Å². The van der Waals surface area contributed by atoms with Crippen molar-refractivity contribution in [2.24, 2.45) is 4.40 Å². The molecular formula is C15H15N3O2S. The van der Waals surface area contributed by atoms with Crippen molar-refractivity contribution in [3.63, 3.8) is 0 Å². The number of anilines is 1. The van der Waals surface area contributed by atoms with Gasteiger partial charge in [-0.15, -0.1) is 4.40 Å². The van der Waals surface area contributed by atoms with Gasteiger partial charge >= 0.3 is 0 Å². The lowest BCUT2D eigenvalue weighted by Crippen LogP contribution is -2.26. The van der Waals surface area contributed by atoms with Crippen LogP contribution in [-0.4, -0.2) is 26.2 Å². The fraction of sp³-hybridized carbons (Fsp3) is 0.133. The molecule has 0 fully saturated rings. The van der Waals surface area contributed by atoms with Crippen molar-refractivity contribution in [3.8, 4) is 0 Å². The Morgan fingerprint density at radius 2 is 1.90 bits per heavy atom. The van der Waals surface area contributed by atoms with Gasteiger partial charge in [0.25, 0.3) is 10.0 Å². The fourth-order valence-electron chi connectivity index (χ4n) is 2.40. The molecule has 0 atom stereocenters. The van der Waals surface area contributed by atoms with Gasteiger partial charge in [-0.1, -0.05) is 24.3 Å². The first-order chi connectivity index (χ1) is 9.97. The number of amidine groups is 1. The van der Waals surface area contributed by atoms with E-state index in [0.717, 1.165) is 5.56 Å². The Balaban J connectivity index is 1.94. The molecule has 0 aliphatic carbocycles. The van der Waals surface area contributed by atoms with E-state index in [-0.39, 0.29) is 4.90 Å². The zero-order chi connectivity index (χ0) is 15.0. The summed E-state index contributed by atoms with van der Waals surface area (Å²) in [5.41, 5.74) is 8.09. The Morgan fingerprint density at radius 1 is 1.14 bits per heavy atom. The molecule has 5 nitrogen and oxygen atoms in total. The second-order valence-electron chi connectivity index (χ2n) is 4.99. The van der Waals surface area contributed by atoms with Gasteiger partial charge in [0.2, 0.25) is 0 Å². The zero-order valence-corrected chi connectivity index (χ0v) is 12.3. The first-order valence-corrected chi connectivity index (χ1v) is 7.91. The smallest absolute Gasteiger partial charge is 0.285 e. The first kappa shape index (κ1) is 13.6. The van der Waals surface area contributed by atoms with Crippen LogP contribution in [0.4, 0.5) is 5.69 Å². The lowest BCUT2D eigenvalue weighted by Gasteiger charge is -2.19. The van der Waals surface area contributed by atoms with Gasteiger partial charge in [0.15, 0.2) is 5.84 Å². The van der Waals surface area contributed by atoms with Crippen LogP contribution in [0.15, 0.2) is 57.8 Å². The van der Waals surface area contributed by atoms with E-state index >= 15 is 0 Å². The van der Waals surface area contributed by atoms with Crippen molar-refractivity contribution >= 4 is 21.5 Å². The highest BCUT2D eigenvalue weighted by Gasteiger charge is 2.30. The van der Waals surface area contributed by atoms with E-state index in [9.17, 15) is 8.42 Å². The molecule has 1 heterocycles. The summed E-state index contributed by atoms with van der Waals surface area (Å²) in [7, 11) is -1.76. The van der Waals surface area contributed by atoms with E-state index in [4.69, 9.17) is 5.73 Å². The molecule has 0 saturated carbocycles. The number of benzene rings is 2. The monoisotopic (exact) mass is 301 g/mol. The van der Waals surface area contributed by atoms with E-state index in [1.807, 2.05) is 42.3 Å². The molecule has 2 N–H and O–H groups in total.